The van der Waals surface area contributed by atoms with Crippen LogP contribution in [-0.2, 0) is 14.3 Å². The molecule has 0 aromatic rings. The van der Waals surface area contributed by atoms with Gasteiger partial charge >= 0.3 is 5.97 Å². The second-order valence-corrected chi connectivity index (χ2v) is 5.10. The number of methoxy groups -OCH3 is 1. The highest BCUT2D eigenvalue weighted by molar-refractivity contribution is 6.11. The van der Waals surface area contributed by atoms with Gasteiger partial charge in [0, 0.05) is 12.5 Å². The predicted octanol–water partition coefficient (Wildman–Crippen LogP) is 0.247. The van der Waals surface area contributed by atoms with Crippen LogP contribution in [0.5, 0.6) is 0 Å². The van der Waals surface area contributed by atoms with E-state index < -0.39 is 11.5 Å². The van der Waals surface area contributed by atoms with Gasteiger partial charge in [-0.2, -0.15) is 5.26 Å². The lowest BCUT2D eigenvalue weighted by atomic mass is 9.79. The standard InChI is InChI=1S/C12H14N2O3/c1-17-11(16)12-7-2-3-8(5-10(12)15)14(12)9(4-7)6-13/h7-9H,2-5H2,1H3. The fourth-order valence-electron chi connectivity index (χ4n) is 4.01. The van der Waals surface area contributed by atoms with E-state index in [0.717, 1.165) is 12.8 Å². The number of rotatable bonds is 1. The van der Waals surface area contributed by atoms with Gasteiger partial charge < -0.3 is 4.74 Å². The van der Waals surface area contributed by atoms with E-state index in [1.165, 1.54) is 7.11 Å². The van der Waals surface area contributed by atoms with E-state index in [1.807, 2.05) is 4.90 Å². The van der Waals surface area contributed by atoms with E-state index in [9.17, 15) is 14.9 Å². The van der Waals surface area contributed by atoms with Crippen molar-refractivity contribution in [1.82, 2.24) is 4.90 Å². The molecular weight excluding hydrogens is 220 g/mol. The molecule has 0 aromatic carbocycles. The van der Waals surface area contributed by atoms with Crippen LogP contribution in [0, 0.1) is 17.2 Å². The van der Waals surface area contributed by atoms with E-state index in [-0.39, 0.29) is 23.8 Å². The average molecular weight is 234 g/mol. The van der Waals surface area contributed by atoms with Gasteiger partial charge in [0.25, 0.3) is 0 Å². The first-order valence-corrected chi connectivity index (χ1v) is 5.96. The second kappa shape index (κ2) is 3.30. The summed E-state index contributed by atoms with van der Waals surface area (Å²) in [5.74, 6) is -0.548. The molecule has 5 unspecified atom stereocenters. The van der Waals surface area contributed by atoms with E-state index >= 15 is 0 Å². The van der Waals surface area contributed by atoms with Gasteiger partial charge in [-0.25, -0.2) is 4.79 Å². The summed E-state index contributed by atoms with van der Waals surface area (Å²) in [7, 11) is 1.31. The molecule has 5 heteroatoms. The Morgan fingerprint density at radius 2 is 2.35 bits per heavy atom. The van der Waals surface area contributed by atoms with Crippen LogP contribution in [0.15, 0.2) is 0 Å². The van der Waals surface area contributed by atoms with Gasteiger partial charge in [-0.05, 0) is 25.2 Å². The molecule has 5 nitrogen and oxygen atoms in total. The van der Waals surface area contributed by atoms with Crippen LogP contribution in [-0.4, -0.2) is 41.4 Å². The number of carbonyl (C=O) groups is 2. The fraction of sp³-hybridized carbons (Fsp3) is 0.750. The van der Waals surface area contributed by atoms with Gasteiger partial charge in [-0.15, -0.1) is 0 Å². The molecule has 0 aliphatic carbocycles. The maximum atomic E-state index is 12.2. The Morgan fingerprint density at radius 1 is 1.59 bits per heavy atom. The maximum Gasteiger partial charge on any atom is 0.334 e. The molecule has 0 amide bonds. The Balaban J connectivity index is 2.14. The third kappa shape index (κ3) is 1.02. The van der Waals surface area contributed by atoms with Gasteiger partial charge in [-0.3, -0.25) is 9.69 Å². The molecule has 3 aliphatic rings. The van der Waals surface area contributed by atoms with Crippen LogP contribution in [0.1, 0.15) is 25.7 Å². The largest absolute Gasteiger partial charge is 0.467 e. The van der Waals surface area contributed by atoms with E-state index in [4.69, 9.17) is 4.74 Å². The van der Waals surface area contributed by atoms with Crippen LogP contribution >= 0.6 is 0 Å². The van der Waals surface area contributed by atoms with E-state index in [1.54, 1.807) is 0 Å². The molecule has 3 fully saturated rings. The zero-order chi connectivity index (χ0) is 12.2. The number of carbonyl (C=O) groups excluding carboxylic acids is 2. The first-order valence-electron chi connectivity index (χ1n) is 5.96. The number of nitrogens with zero attached hydrogens (tertiary/aromatic N) is 2. The van der Waals surface area contributed by atoms with Crippen molar-refractivity contribution in [3.8, 4) is 6.07 Å². The molecule has 5 atom stereocenters. The quantitative estimate of drug-likeness (QED) is 0.480. The number of nitriles is 1. The molecule has 0 spiro atoms. The van der Waals surface area contributed by atoms with Crippen molar-refractivity contribution in [1.29, 1.82) is 5.26 Å². The second-order valence-electron chi connectivity index (χ2n) is 5.10. The molecule has 90 valence electrons. The lowest BCUT2D eigenvalue weighted by Crippen LogP contribution is -2.60. The third-order valence-electron chi connectivity index (χ3n) is 4.58. The Hall–Kier alpha value is -1.41. The smallest absolute Gasteiger partial charge is 0.334 e. The van der Waals surface area contributed by atoms with Gasteiger partial charge in [-0.1, -0.05) is 0 Å². The maximum absolute atomic E-state index is 12.2. The molecular formula is C12H14N2O3. The molecule has 3 aliphatic heterocycles. The molecule has 4 bridgehead atoms. The fourth-order valence-corrected chi connectivity index (χ4v) is 4.01. The summed E-state index contributed by atoms with van der Waals surface area (Å²) >= 11 is 0. The highest BCUT2D eigenvalue weighted by Gasteiger charge is 2.71. The molecule has 0 aromatic heterocycles. The molecule has 0 radical (unpaired) electrons. The van der Waals surface area contributed by atoms with Crippen molar-refractivity contribution in [3.05, 3.63) is 0 Å². The predicted molar refractivity (Wildman–Crippen MR) is 56.7 cm³/mol. The van der Waals surface area contributed by atoms with Gasteiger partial charge in [0.1, 0.15) is 0 Å². The van der Waals surface area contributed by atoms with Crippen molar-refractivity contribution >= 4 is 11.8 Å². The molecule has 17 heavy (non-hydrogen) atoms. The Kier molecular flexibility index (Phi) is 2.08. The van der Waals surface area contributed by atoms with Crippen molar-refractivity contribution < 1.29 is 14.3 Å². The molecule has 3 rings (SSSR count). The summed E-state index contributed by atoms with van der Waals surface area (Å²) in [5.41, 5.74) is -1.13. The van der Waals surface area contributed by atoms with Gasteiger partial charge in [0.15, 0.2) is 11.3 Å². The lowest BCUT2D eigenvalue weighted by molar-refractivity contribution is -0.160. The highest BCUT2D eigenvalue weighted by atomic mass is 16.5. The van der Waals surface area contributed by atoms with Crippen LogP contribution < -0.4 is 0 Å². The minimum Gasteiger partial charge on any atom is -0.467 e. The van der Waals surface area contributed by atoms with Crippen molar-refractivity contribution in [3.63, 3.8) is 0 Å². The van der Waals surface area contributed by atoms with Crippen molar-refractivity contribution in [2.45, 2.75) is 43.3 Å². The zero-order valence-corrected chi connectivity index (χ0v) is 9.68. The number of ether oxygens (including phenoxy) is 1. The van der Waals surface area contributed by atoms with E-state index in [0.29, 0.717) is 12.8 Å². The lowest BCUT2D eigenvalue weighted by Gasteiger charge is -2.39. The van der Waals surface area contributed by atoms with Crippen LogP contribution in [0.2, 0.25) is 0 Å². The Labute approximate surface area is 99.3 Å². The van der Waals surface area contributed by atoms with Crippen molar-refractivity contribution in [2.75, 3.05) is 7.11 Å². The third-order valence-corrected chi connectivity index (χ3v) is 4.58. The molecule has 0 N–H and O–H groups in total. The molecule has 3 heterocycles. The minimum absolute atomic E-state index is 0.0363. The monoisotopic (exact) mass is 234 g/mol. The minimum atomic E-state index is -1.13. The summed E-state index contributed by atoms with van der Waals surface area (Å²) in [5, 5.41) is 9.18. The van der Waals surface area contributed by atoms with Gasteiger partial charge in [0.2, 0.25) is 0 Å². The van der Waals surface area contributed by atoms with Crippen LogP contribution in [0.4, 0.5) is 0 Å². The highest BCUT2D eigenvalue weighted by Crippen LogP contribution is 2.54. The summed E-state index contributed by atoms with van der Waals surface area (Å²) in [6.07, 6.45) is 2.77. The number of Topliss-reactive ketones (excluding diaryl/α,β-unsaturated/α-hetero) is 1. The number of esters is 1. The summed E-state index contributed by atoms with van der Waals surface area (Å²) in [6.45, 7) is 0. The SMILES string of the molecule is COC(=O)C12C(=O)CC3CCC1CC(C#N)N32. The van der Waals surface area contributed by atoms with Crippen molar-refractivity contribution in [2.24, 2.45) is 5.92 Å². The molecule has 0 saturated carbocycles. The topological polar surface area (TPSA) is 70.4 Å². The Bertz CT molecular complexity index is 432. The van der Waals surface area contributed by atoms with Gasteiger partial charge in [0.05, 0.1) is 19.2 Å². The van der Waals surface area contributed by atoms with E-state index in [2.05, 4.69) is 6.07 Å². The number of hydrogen-bond donors (Lipinski definition) is 0. The molecule has 3 saturated heterocycles. The summed E-state index contributed by atoms with van der Waals surface area (Å²) < 4.78 is 4.84. The summed E-state index contributed by atoms with van der Waals surface area (Å²) in [6, 6.07) is 1.98. The zero-order valence-electron chi connectivity index (χ0n) is 9.68. The number of piperidine rings is 1. The van der Waals surface area contributed by atoms with Crippen LogP contribution in [0.3, 0.4) is 0 Å². The first kappa shape index (κ1) is 10.7. The normalized spacial score (nSPS) is 46.7. The summed E-state index contributed by atoms with van der Waals surface area (Å²) in [4.78, 5) is 26.2. The number of hydrogen-bond acceptors (Lipinski definition) is 5. The van der Waals surface area contributed by atoms with Crippen LogP contribution in [0.25, 0.3) is 0 Å². The Morgan fingerprint density at radius 3 is 3.00 bits per heavy atom. The average Bonchev–Trinajstić information content (AvgIpc) is 2.69. The number of ketones is 1. The first-order chi connectivity index (χ1) is 8.16.